The Kier molecular flexibility index (Phi) is 10.0. The molecule has 4 rings (SSSR count). The van der Waals surface area contributed by atoms with Gasteiger partial charge >= 0.3 is 5.97 Å². The number of esters is 1. The van der Waals surface area contributed by atoms with Crippen LogP contribution >= 0.6 is 11.6 Å². The van der Waals surface area contributed by atoms with Crippen molar-refractivity contribution in [2.45, 2.75) is 49.8 Å². The van der Waals surface area contributed by atoms with Gasteiger partial charge in [-0.25, -0.2) is 22.2 Å². The van der Waals surface area contributed by atoms with Crippen LogP contribution < -0.4 is 10.0 Å². The van der Waals surface area contributed by atoms with Gasteiger partial charge in [0.1, 0.15) is 22.7 Å². The van der Waals surface area contributed by atoms with Gasteiger partial charge in [-0.2, -0.15) is 4.72 Å². The zero-order valence-electron chi connectivity index (χ0n) is 23.6. The second-order valence-electron chi connectivity index (χ2n) is 10.2. The fourth-order valence-electron chi connectivity index (χ4n) is 4.86. The lowest BCUT2D eigenvalue weighted by Crippen LogP contribution is -2.48. The number of halogens is 3. The van der Waals surface area contributed by atoms with E-state index >= 15 is 0 Å². The Morgan fingerprint density at radius 2 is 1.74 bits per heavy atom. The molecular weight excluding hydrogens is 606 g/mol. The van der Waals surface area contributed by atoms with Gasteiger partial charge in [-0.05, 0) is 74.1 Å². The number of hydrogen-bond acceptors (Lipinski definition) is 8. The van der Waals surface area contributed by atoms with E-state index < -0.39 is 49.9 Å². The summed E-state index contributed by atoms with van der Waals surface area (Å²) in [4.78, 5) is 31.4. The molecule has 2 aromatic carbocycles. The molecule has 43 heavy (non-hydrogen) atoms. The molecule has 1 aliphatic rings. The number of carbonyl (C=O) groups is 2. The number of rotatable bonds is 9. The molecule has 0 spiro atoms. The molecule has 0 radical (unpaired) electrons. The minimum Gasteiger partial charge on any atom is -0.468 e. The molecule has 3 aromatic rings. The number of benzene rings is 2. The molecule has 1 amide bonds. The lowest BCUT2D eigenvalue weighted by molar-refractivity contribution is -0.145. The molecule has 1 aliphatic heterocycles. The fourth-order valence-corrected chi connectivity index (χ4v) is 6.63. The van der Waals surface area contributed by atoms with Gasteiger partial charge in [0.15, 0.2) is 5.03 Å². The first kappa shape index (κ1) is 32.3. The number of hydrogen-bond donors (Lipinski definition) is 3. The van der Waals surface area contributed by atoms with Gasteiger partial charge in [0.05, 0.1) is 24.5 Å². The molecule has 0 bridgehead atoms. The predicted octanol–water partition coefficient (Wildman–Crippen LogP) is 4.29. The normalized spacial score (nSPS) is 15.6. The van der Waals surface area contributed by atoms with Crippen molar-refractivity contribution in [3.05, 3.63) is 82.0 Å². The zero-order valence-corrected chi connectivity index (χ0v) is 25.2. The standard InChI is InChI=1S/C29H31ClF2N4O6S/c1-16-14-21(32)8-9-23(16)34-26-22(28(38)36-12-10-19(11-13-36)18-4-6-20(31)7-5-18)15-33-27(24(26)30)43(40,41)35-25(17(2)37)29(39)42-3/h4-9,14-15,17,19,25,35,37H,10-13H2,1-3H3,(H,33,34)/t17-,25+/m1/s1. The van der Waals surface area contributed by atoms with Crippen molar-refractivity contribution in [3.8, 4) is 0 Å². The largest absolute Gasteiger partial charge is 0.468 e. The number of nitrogens with one attached hydrogen (secondary N) is 2. The number of carbonyl (C=O) groups excluding carboxylic acids is 2. The van der Waals surface area contributed by atoms with Crippen molar-refractivity contribution in [1.82, 2.24) is 14.6 Å². The summed E-state index contributed by atoms with van der Waals surface area (Å²) >= 11 is 6.61. The number of ether oxygens (including phenoxy) is 1. The average Bonchev–Trinajstić information content (AvgIpc) is 2.97. The van der Waals surface area contributed by atoms with Gasteiger partial charge in [-0.1, -0.05) is 23.7 Å². The Morgan fingerprint density at radius 1 is 1.12 bits per heavy atom. The number of amides is 1. The van der Waals surface area contributed by atoms with Crippen LogP contribution in [0.3, 0.4) is 0 Å². The Balaban J connectivity index is 1.69. The summed E-state index contributed by atoms with van der Waals surface area (Å²) in [5.41, 5.74) is 1.65. The third-order valence-electron chi connectivity index (χ3n) is 7.26. The first-order valence-corrected chi connectivity index (χ1v) is 15.2. The third kappa shape index (κ3) is 7.29. The van der Waals surface area contributed by atoms with Crippen molar-refractivity contribution in [2.75, 3.05) is 25.5 Å². The van der Waals surface area contributed by atoms with E-state index in [4.69, 9.17) is 11.6 Å². The second kappa shape index (κ2) is 13.3. The van der Waals surface area contributed by atoms with Crippen LogP contribution in [0, 0.1) is 18.6 Å². The second-order valence-corrected chi connectivity index (χ2v) is 12.2. The summed E-state index contributed by atoms with van der Waals surface area (Å²) < 4.78 is 60.4. The molecule has 14 heteroatoms. The van der Waals surface area contributed by atoms with Gasteiger partial charge in [-0.3, -0.25) is 9.59 Å². The van der Waals surface area contributed by atoms with Crippen molar-refractivity contribution >= 4 is 44.9 Å². The van der Waals surface area contributed by atoms with E-state index in [1.54, 1.807) is 24.0 Å². The average molecular weight is 637 g/mol. The van der Waals surface area contributed by atoms with Gasteiger partial charge in [0.25, 0.3) is 15.9 Å². The number of piperidine rings is 1. The maximum absolute atomic E-state index is 13.8. The Morgan fingerprint density at radius 3 is 2.33 bits per heavy atom. The number of aryl methyl sites for hydroxylation is 1. The Hall–Kier alpha value is -3.65. The van der Waals surface area contributed by atoms with Crippen LogP contribution in [0.4, 0.5) is 20.2 Å². The molecule has 230 valence electrons. The highest BCUT2D eigenvalue weighted by Crippen LogP contribution is 2.36. The summed E-state index contributed by atoms with van der Waals surface area (Å²) in [5, 5.41) is 11.8. The molecule has 10 nitrogen and oxygen atoms in total. The molecular formula is C29H31ClF2N4O6S. The molecule has 0 saturated carbocycles. The van der Waals surface area contributed by atoms with E-state index in [0.717, 1.165) is 18.9 Å². The topological polar surface area (TPSA) is 138 Å². The minimum atomic E-state index is -4.64. The van der Waals surface area contributed by atoms with Crippen LogP contribution in [0.15, 0.2) is 53.7 Å². The molecule has 0 aliphatic carbocycles. The lowest BCUT2D eigenvalue weighted by atomic mass is 9.89. The summed E-state index contributed by atoms with van der Waals surface area (Å²) in [6.07, 6.45) is 0.830. The van der Waals surface area contributed by atoms with Gasteiger partial charge in [0.2, 0.25) is 0 Å². The van der Waals surface area contributed by atoms with E-state index in [1.807, 2.05) is 0 Å². The van der Waals surface area contributed by atoms with Crippen molar-refractivity contribution < 1.29 is 36.6 Å². The number of sulfonamides is 1. The van der Waals surface area contributed by atoms with Crippen molar-refractivity contribution in [1.29, 1.82) is 0 Å². The summed E-state index contributed by atoms with van der Waals surface area (Å²) in [6.45, 7) is 3.55. The quantitative estimate of drug-likeness (QED) is 0.296. The highest BCUT2D eigenvalue weighted by Gasteiger charge is 2.35. The number of aliphatic hydroxyl groups excluding tert-OH is 1. The van der Waals surface area contributed by atoms with Crippen LogP contribution in [0.5, 0.6) is 0 Å². The molecule has 2 atom stereocenters. The number of likely N-dealkylation sites (tertiary alicyclic amines) is 1. The van der Waals surface area contributed by atoms with Crippen LogP contribution in [-0.2, 0) is 19.6 Å². The number of aromatic nitrogens is 1. The van der Waals surface area contributed by atoms with Crippen LogP contribution in [-0.4, -0.2) is 67.6 Å². The summed E-state index contributed by atoms with van der Waals surface area (Å²) in [6, 6.07) is 8.44. The number of anilines is 2. The minimum absolute atomic E-state index is 0.0343. The Labute approximate surface area is 253 Å². The number of aliphatic hydroxyl groups is 1. The summed E-state index contributed by atoms with van der Waals surface area (Å²) in [7, 11) is -3.60. The Bertz CT molecular complexity index is 1610. The zero-order chi connectivity index (χ0) is 31.5. The first-order valence-electron chi connectivity index (χ1n) is 13.4. The van der Waals surface area contributed by atoms with Gasteiger partial charge in [-0.15, -0.1) is 0 Å². The summed E-state index contributed by atoms with van der Waals surface area (Å²) in [5.74, 6) is -2.21. The number of pyridine rings is 1. The van der Waals surface area contributed by atoms with Crippen molar-refractivity contribution in [2.24, 2.45) is 0 Å². The molecule has 0 unspecified atom stereocenters. The number of nitrogens with zero attached hydrogens (tertiary/aromatic N) is 2. The highest BCUT2D eigenvalue weighted by atomic mass is 35.5. The van der Waals surface area contributed by atoms with Gasteiger partial charge in [0, 0.05) is 25.0 Å². The molecule has 1 aromatic heterocycles. The highest BCUT2D eigenvalue weighted by molar-refractivity contribution is 7.89. The third-order valence-corrected chi connectivity index (χ3v) is 9.13. The maximum Gasteiger partial charge on any atom is 0.326 e. The molecule has 3 N–H and O–H groups in total. The van der Waals surface area contributed by atoms with E-state index in [2.05, 4.69) is 19.8 Å². The fraction of sp³-hybridized carbons (Fsp3) is 0.345. The molecule has 1 saturated heterocycles. The molecule has 1 fully saturated rings. The van der Waals surface area contributed by atoms with Crippen LogP contribution in [0.1, 0.15) is 47.2 Å². The van der Waals surface area contributed by atoms with E-state index in [9.17, 15) is 31.9 Å². The van der Waals surface area contributed by atoms with Crippen LogP contribution in [0.25, 0.3) is 0 Å². The SMILES string of the molecule is COC(=O)[C@@H](NS(=O)(=O)c1ncc(C(=O)N2CCC(c3ccc(F)cc3)CC2)c(Nc2ccc(F)cc2C)c1Cl)[C@@H](C)O. The van der Waals surface area contributed by atoms with E-state index in [1.165, 1.54) is 37.3 Å². The van der Waals surface area contributed by atoms with Crippen molar-refractivity contribution in [3.63, 3.8) is 0 Å². The monoisotopic (exact) mass is 636 g/mol. The first-order chi connectivity index (χ1) is 20.3. The molecule has 2 heterocycles. The van der Waals surface area contributed by atoms with Crippen LogP contribution in [0.2, 0.25) is 5.02 Å². The lowest BCUT2D eigenvalue weighted by Gasteiger charge is -2.33. The van der Waals surface area contributed by atoms with Gasteiger partial charge < -0.3 is 20.1 Å². The van der Waals surface area contributed by atoms with E-state index in [-0.39, 0.29) is 23.0 Å². The van der Waals surface area contributed by atoms with E-state index in [0.29, 0.717) is 37.2 Å². The maximum atomic E-state index is 13.8. The number of methoxy groups -OCH3 is 1. The smallest absolute Gasteiger partial charge is 0.326 e. The predicted molar refractivity (Wildman–Crippen MR) is 156 cm³/mol.